The third-order valence-electron chi connectivity index (χ3n) is 2.45. The number of aldehydes is 1. The summed E-state index contributed by atoms with van der Waals surface area (Å²) in [5.74, 6) is -0.464. The molecular weight excluding hydrogens is 277 g/mol. The highest BCUT2D eigenvalue weighted by molar-refractivity contribution is 9.10. The van der Waals surface area contributed by atoms with Crippen LogP contribution >= 0.6 is 15.9 Å². The SMILES string of the molecule is Cn1c(=O)cc(C=O)c2cc(F)c(Br)cc21. The molecule has 0 radical (unpaired) electrons. The summed E-state index contributed by atoms with van der Waals surface area (Å²) in [6.07, 6.45) is 0.553. The number of aromatic nitrogens is 1. The van der Waals surface area contributed by atoms with Gasteiger partial charge in [-0.2, -0.15) is 0 Å². The molecule has 16 heavy (non-hydrogen) atoms. The minimum absolute atomic E-state index is 0.199. The zero-order chi connectivity index (χ0) is 11.9. The van der Waals surface area contributed by atoms with Crippen LogP contribution in [0.1, 0.15) is 10.4 Å². The first-order chi connectivity index (χ1) is 7.54. The van der Waals surface area contributed by atoms with Gasteiger partial charge in [0.05, 0.1) is 9.99 Å². The lowest BCUT2D eigenvalue weighted by Gasteiger charge is -2.07. The van der Waals surface area contributed by atoms with Crippen LogP contribution in [-0.4, -0.2) is 10.9 Å². The smallest absolute Gasteiger partial charge is 0.251 e. The van der Waals surface area contributed by atoms with Crippen molar-refractivity contribution in [3.8, 4) is 0 Å². The van der Waals surface area contributed by atoms with Crippen LogP contribution in [0.4, 0.5) is 4.39 Å². The van der Waals surface area contributed by atoms with Crippen molar-refractivity contribution in [2.45, 2.75) is 0 Å². The highest BCUT2D eigenvalue weighted by atomic mass is 79.9. The van der Waals surface area contributed by atoms with E-state index in [4.69, 9.17) is 0 Å². The van der Waals surface area contributed by atoms with E-state index in [0.717, 1.165) is 0 Å². The largest absolute Gasteiger partial charge is 0.311 e. The Kier molecular flexibility index (Phi) is 2.63. The van der Waals surface area contributed by atoms with Crippen LogP contribution < -0.4 is 5.56 Å². The molecule has 0 saturated heterocycles. The van der Waals surface area contributed by atoms with Crippen molar-refractivity contribution in [2.24, 2.45) is 7.05 Å². The molecule has 0 N–H and O–H groups in total. The molecular formula is C11H7BrFNO2. The average Bonchev–Trinajstić information content (AvgIpc) is 2.26. The summed E-state index contributed by atoms with van der Waals surface area (Å²) < 4.78 is 15.0. The van der Waals surface area contributed by atoms with Crippen LogP contribution in [0.5, 0.6) is 0 Å². The number of hydrogen-bond donors (Lipinski definition) is 0. The quantitative estimate of drug-likeness (QED) is 0.753. The predicted molar refractivity (Wildman–Crippen MR) is 62.2 cm³/mol. The van der Waals surface area contributed by atoms with E-state index in [-0.39, 0.29) is 15.6 Å². The van der Waals surface area contributed by atoms with E-state index in [9.17, 15) is 14.0 Å². The summed E-state index contributed by atoms with van der Waals surface area (Å²) in [5.41, 5.74) is 0.417. The Balaban J connectivity index is 3.05. The normalized spacial score (nSPS) is 10.7. The minimum Gasteiger partial charge on any atom is -0.311 e. The fraction of sp³-hybridized carbons (Fsp3) is 0.0909. The van der Waals surface area contributed by atoms with Gasteiger partial charge in [0, 0.05) is 24.1 Å². The lowest BCUT2D eigenvalue weighted by atomic mass is 10.1. The topological polar surface area (TPSA) is 39.1 Å². The van der Waals surface area contributed by atoms with E-state index in [1.807, 2.05) is 0 Å². The monoisotopic (exact) mass is 283 g/mol. The van der Waals surface area contributed by atoms with Crippen LogP contribution in [0.3, 0.4) is 0 Å². The number of hydrogen-bond acceptors (Lipinski definition) is 2. The molecule has 0 saturated carbocycles. The molecule has 0 amide bonds. The maximum Gasteiger partial charge on any atom is 0.251 e. The molecule has 1 heterocycles. The van der Waals surface area contributed by atoms with Gasteiger partial charge in [-0.3, -0.25) is 9.59 Å². The summed E-state index contributed by atoms with van der Waals surface area (Å²) in [4.78, 5) is 22.3. The Labute approximate surface area is 98.6 Å². The van der Waals surface area contributed by atoms with E-state index in [1.54, 1.807) is 7.05 Å². The summed E-state index contributed by atoms with van der Waals surface area (Å²) in [5, 5.41) is 0.429. The molecule has 82 valence electrons. The van der Waals surface area contributed by atoms with E-state index >= 15 is 0 Å². The van der Waals surface area contributed by atoms with Gasteiger partial charge in [-0.15, -0.1) is 0 Å². The molecule has 1 aromatic heterocycles. The first kappa shape index (κ1) is 11.0. The van der Waals surface area contributed by atoms with Crippen LogP contribution in [0, 0.1) is 5.82 Å². The second-order valence-electron chi connectivity index (χ2n) is 3.40. The predicted octanol–water partition coefficient (Wildman–Crippen LogP) is 2.25. The van der Waals surface area contributed by atoms with Gasteiger partial charge in [-0.05, 0) is 28.1 Å². The van der Waals surface area contributed by atoms with Crippen LogP contribution in [0.15, 0.2) is 27.5 Å². The molecule has 2 rings (SSSR count). The standard InChI is InChI=1S/C11H7BrFNO2/c1-14-10-4-8(12)9(13)3-7(10)6(5-15)2-11(14)16/h2-5H,1H3. The number of carbonyl (C=O) groups is 1. The van der Waals surface area contributed by atoms with Crippen LogP contribution in [0.25, 0.3) is 10.9 Å². The van der Waals surface area contributed by atoms with Gasteiger partial charge >= 0.3 is 0 Å². The Morgan fingerprint density at radius 1 is 1.38 bits per heavy atom. The van der Waals surface area contributed by atoms with E-state index in [2.05, 4.69) is 15.9 Å². The number of carbonyl (C=O) groups excluding carboxylic acids is 1. The molecule has 0 aliphatic rings. The number of fused-ring (bicyclic) bond motifs is 1. The van der Waals surface area contributed by atoms with Crippen molar-refractivity contribution in [1.82, 2.24) is 4.57 Å². The lowest BCUT2D eigenvalue weighted by Crippen LogP contribution is -2.17. The number of pyridine rings is 1. The third-order valence-corrected chi connectivity index (χ3v) is 3.06. The summed E-state index contributed by atoms with van der Waals surface area (Å²) in [6, 6.07) is 3.92. The van der Waals surface area contributed by atoms with Gasteiger partial charge in [0.2, 0.25) is 0 Å². The molecule has 0 atom stereocenters. The molecule has 0 spiro atoms. The Bertz CT molecular complexity index is 648. The van der Waals surface area contributed by atoms with Gasteiger partial charge in [-0.1, -0.05) is 0 Å². The first-order valence-electron chi connectivity index (χ1n) is 4.48. The van der Waals surface area contributed by atoms with E-state index in [1.165, 1.54) is 22.8 Å². The Hall–Kier alpha value is -1.49. The van der Waals surface area contributed by atoms with Gasteiger partial charge in [-0.25, -0.2) is 4.39 Å². The fourth-order valence-electron chi connectivity index (χ4n) is 1.57. The molecule has 0 bridgehead atoms. The molecule has 0 aliphatic heterocycles. The average molecular weight is 284 g/mol. The van der Waals surface area contributed by atoms with Crippen molar-refractivity contribution < 1.29 is 9.18 Å². The van der Waals surface area contributed by atoms with Gasteiger partial charge < -0.3 is 4.57 Å². The minimum atomic E-state index is -0.464. The van der Waals surface area contributed by atoms with Crippen molar-refractivity contribution in [2.75, 3.05) is 0 Å². The zero-order valence-corrected chi connectivity index (χ0v) is 9.92. The maximum atomic E-state index is 13.3. The molecule has 1 aromatic carbocycles. The van der Waals surface area contributed by atoms with Crippen molar-refractivity contribution in [1.29, 1.82) is 0 Å². The fourth-order valence-corrected chi connectivity index (χ4v) is 1.90. The Morgan fingerprint density at radius 2 is 2.06 bits per heavy atom. The van der Waals surface area contributed by atoms with Gasteiger partial charge in [0.1, 0.15) is 5.82 Å². The van der Waals surface area contributed by atoms with Crippen molar-refractivity contribution >= 4 is 33.1 Å². The number of aryl methyl sites for hydroxylation is 1. The van der Waals surface area contributed by atoms with Crippen molar-refractivity contribution in [3.05, 3.63) is 44.4 Å². The summed E-state index contributed by atoms with van der Waals surface area (Å²) in [7, 11) is 1.57. The van der Waals surface area contributed by atoms with Gasteiger partial charge in [0.25, 0.3) is 5.56 Å². The first-order valence-corrected chi connectivity index (χ1v) is 5.28. The second-order valence-corrected chi connectivity index (χ2v) is 4.25. The third kappa shape index (κ3) is 1.57. The van der Waals surface area contributed by atoms with Crippen LogP contribution in [0.2, 0.25) is 0 Å². The number of halogens is 2. The molecule has 2 aromatic rings. The number of rotatable bonds is 1. The highest BCUT2D eigenvalue weighted by Crippen LogP contribution is 2.23. The van der Waals surface area contributed by atoms with E-state index in [0.29, 0.717) is 17.2 Å². The van der Waals surface area contributed by atoms with E-state index < -0.39 is 5.82 Å². The van der Waals surface area contributed by atoms with Crippen molar-refractivity contribution in [3.63, 3.8) is 0 Å². The molecule has 0 aliphatic carbocycles. The number of benzene rings is 1. The summed E-state index contributed by atoms with van der Waals surface area (Å²) >= 11 is 3.04. The molecule has 0 unspecified atom stereocenters. The summed E-state index contributed by atoms with van der Waals surface area (Å²) in [6.45, 7) is 0. The number of nitrogens with zero attached hydrogens (tertiary/aromatic N) is 1. The molecule has 5 heteroatoms. The lowest BCUT2D eigenvalue weighted by molar-refractivity contribution is 0.112. The van der Waals surface area contributed by atoms with Gasteiger partial charge in [0.15, 0.2) is 6.29 Å². The molecule has 3 nitrogen and oxygen atoms in total. The highest BCUT2D eigenvalue weighted by Gasteiger charge is 2.09. The van der Waals surface area contributed by atoms with Crippen LogP contribution in [-0.2, 0) is 7.05 Å². The molecule has 0 fully saturated rings. The Morgan fingerprint density at radius 3 is 2.69 bits per heavy atom. The second kappa shape index (κ2) is 3.83. The zero-order valence-electron chi connectivity index (χ0n) is 8.33. The maximum absolute atomic E-state index is 13.3.